The Labute approximate surface area is 74.5 Å². The second-order valence-corrected chi connectivity index (χ2v) is 3.83. The summed E-state index contributed by atoms with van der Waals surface area (Å²) in [6, 6.07) is 0.584. The molecule has 0 amide bonds. The van der Waals surface area contributed by atoms with Gasteiger partial charge >= 0.3 is 0 Å². The molecule has 12 heavy (non-hydrogen) atoms. The van der Waals surface area contributed by atoms with Gasteiger partial charge in [0.25, 0.3) is 0 Å². The van der Waals surface area contributed by atoms with E-state index < -0.39 is 0 Å². The molecule has 0 bridgehead atoms. The Morgan fingerprint density at radius 2 is 2.42 bits per heavy atom. The minimum Gasteiger partial charge on any atom is -0.392 e. The SMILES string of the molecule is CC1CNCCC1NC[C@@H](C)O. The van der Waals surface area contributed by atoms with Crippen molar-refractivity contribution in [1.82, 2.24) is 10.6 Å². The summed E-state index contributed by atoms with van der Waals surface area (Å²) in [6.07, 6.45) is 0.945. The molecule has 0 radical (unpaired) electrons. The first-order valence-corrected chi connectivity index (χ1v) is 4.82. The van der Waals surface area contributed by atoms with Crippen LogP contribution in [-0.2, 0) is 0 Å². The average molecular weight is 172 g/mol. The average Bonchev–Trinajstić information content (AvgIpc) is 2.03. The van der Waals surface area contributed by atoms with E-state index in [-0.39, 0.29) is 6.10 Å². The highest BCUT2D eigenvalue weighted by atomic mass is 16.3. The van der Waals surface area contributed by atoms with E-state index in [0.29, 0.717) is 12.0 Å². The van der Waals surface area contributed by atoms with Gasteiger partial charge in [0.2, 0.25) is 0 Å². The molecule has 72 valence electrons. The van der Waals surface area contributed by atoms with Crippen LogP contribution in [0.4, 0.5) is 0 Å². The van der Waals surface area contributed by atoms with E-state index >= 15 is 0 Å². The maximum absolute atomic E-state index is 9.09. The number of rotatable bonds is 3. The van der Waals surface area contributed by atoms with E-state index in [1.165, 1.54) is 6.42 Å². The number of aliphatic hydroxyl groups is 1. The molecule has 3 heteroatoms. The zero-order valence-corrected chi connectivity index (χ0v) is 8.01. The molecule has 3 nitrogen and oxygen atoms in total. The highest BCUT2D eigenvalue weighted by Gasteiger charge is 2.20. The van der Waals surface area contributed by atoms with Gasteiger partial charge in [-0.3, -0.25) is 0 Å². The molecule has 3 N–H and O–H groups in total. The van der Waals surface area contributed by atoms with E-state index in [1.807, 2.05) is 6.92 Å². The van der Waals surface area contributed by atoms with Crippen LogP contribution in [0.5, 0.6) is 0 Å². The fourth-order valence-electron chi connectivity index (χ4n) is 1.64. The van der Waals surface area contributed by atoms with Gasteiger partial charge in [0.05, 0.1) is 6.10 Å². The lowest BCUT2D eigenvalue weighted by atomic mass is 9.95. The summed E-state index contributed by atoms with van der Waals surface area (Å²) in [5.74, 6) is 0.678. The fourth-order valence-corrected chi connectivity index (χ4v) is 1.64. The third-order valence-corrected chi connectivity index (χ3v) is 2.46. The summed E-state index contributed by atoms with van der Waals surface area (Å²) in [6.45, 7) is 6.97. The van der Waals surface area contributed by atoms with Gasteiger partial charge in [0.1, 0.15) is 0 Å². The van der Waals surface area contributed by atoms with Crippen LogP contribution >= 0.6 is 0 Å². The molecular weight excluding hydrogens is 152 g/mol. The van der Waals surface area contributed by atoms with Gasteiger partial charge in [-0.2, -0.15) is 0 Å². The fraction of sp³-hybridized carbons (Fsp3) is 1.00. The van der Waals surface area contributed by atoms with Gasteiger partial charge in [-0.1, -0.05) is 6.92 Å². The molecule has 1 heterocycles. The topological polar surface area (TPSA) is 44.3 Å². The monoisotopic (exact) mass is 172 g/mol. The lowest BCUT2D eigenvalue weighted by Crippen LogP contribution is -2.47. The predicted octanol–water partition coefficient (Wildman–Crippen LogP) is -0.0452. The van der Waals surface area contributed by atoms with Crippen molar-refractivity contribution < 1.29 is 5.11 Å². The third kappa shape index (κ3) is 3.09. The molecule has 1 aliphatic heterocycles. The number of aliphatic hydroxyl groups excluding tert-OH is 1. The molecular formula is C9H20N2O. The minimum atomic E-state index is -0.230. The van der Waals surface area contributed by atoms with Gasteiger partial charge in [-0.05, 0) is 32.4 Å². The minimum absolute atomic E-state index is 0.230. The van der Waals surface area contributed by atoms with Crippen molar-refractivity contribution in [3.8, 4) is 0 Å². The van der Waals surface area contributed by atoms with Crippen LogP contribution in [0.15, 0.2) is 0 Å². The van der Waals surface area contributed by atoms with E-state index in [4.69, 9.17) is 5.11 Å². The van der Waals surface area contributed by atoms with Crippen LogP contribution in [0.25, 0.3) is 0 Å². The Balaban J connectivity index is 2.20. The van der Waals surface area contributed by atoms with Gasteiger partial charge < -0.3 is 15.7 Å². The van der Waals surface area contributed by atoms with Crippen molar-refractivity contribution in [3.63, 3.8) is 0 Å². The molecule has 2 unspecified atom stereocenters. The Morgan fingerprint density at radius 1 is 1.67 bits per heavy atom. The second kappa shape index (κ2) is 4.80. The lowest BCUT2D eigenvalue weighted by molar-refractivity contribution is 0.174. The summed E-state index contributed by atoms with van der Waals surface area (Å²) >= 11 is 0. The summed E-state index contributed by atoms with van der Waals surface area (Å²) in [7, 11) is 0. The first-order valence-electron chi connectivity index (χ1n) is 4.82. The number of hydrogen-bond acceptors (Lipinski definition) is 3. The Bertz CT molecular complexity index is 128. The van der Waals surface area contributed by atoms with Gasteiger partial charge in [-0.25, -0.2) is 0 Å². The van der Waals surface area contributed by atoms with Crippen LogP contribution in [-0.4, -0.2) is 36.9 Å². The first-order chi connectivity index (χ1) is 5.70. The number of hydrogen-bond donors (Lipinski definition) is 3. The van der Waals surface area contributed by atoms with Crippen molar-refractivity contribution in [2.45, 2.75) is 32.4 Å². The second-order valence-electron chi connectivity index (χ2n) is 3.83. The molecule has 1 aliphatic rings. The summed E-state index contributed by atoms with van der Waals surface area (Å²) in [5.41, 5.74) is 0. The van der Waals surface area contributed by atoms with Crippen molar-refractivity contribution in [2.24, 2.45) is 5.92 Å². The van der Waals surface area contributed by atoms with E-state index in [2.05, 4.69) is 17.6 Å². The van der Waals surface area contributed by atoms with Crippen molar-refractivity contribution in [1.29, 1.82) is 0 Å². The van der Waals surface area contributed by atoms with Gasteiger partial charge in [0, 0.05) is 12.6 Å². The zero-order valence-electron chi connectivity index (χ0n) is 8.01. The van der Waals surface area contributed by atoms with Crippen LogP contribution < -0.4 is 10.6 Å². The maximum atomic E-state index is 9.09. The van der Waals surface area contributed by atoms with E-state index in [9.17, 15) is 0 Å². The Hall–Kier alpha value is -0.120. The summed E-state index contributed by atoms with van der Waals surface area (Å²) in [5, 5.41) is 15.8. The van der Waals surface area contributed by atoms with Gasteiger partial charge in [-0.15, -0.1) is 0 Å². The normalized spacial score (nSPS) is 33.2. The number of piperidine rings is 1. The highest BCUT2D eigenvalue weighted by Crippen LogP contribution is 2.09. The van der Waals surface area contributed by atoms with Crippen molar-refractivity contribution >= 4 is 0 Å². The third-order valence-electron chi connectivity index (χ3n) is 2.46. The van der Waals surface area contributed by atoms with Crippen LogP contribution in [0.1, 0.15) is 20.3 Å². The molecule has 1 fully saturated rings. The molecule has 1 rings (SSSR count). The predicted molar refractivity (Wildman–Crippen MR) is 50.1 cm³/mol. The van der Waals surface area contributed by atoms with Crippen molar-refractivity contribution in [2.75, 3.05) is 19.6 Å². The standard InChI is InChI=1S/C9H20N2O/c1-7-5-10-4-3-9(7)11-6-8(2)12/h7-12H,3-6H2,1-2H3/t7?,8-,9?/m1/s1. The molecule has 0 saturated carbocycles. The zero-order chi connectivity index (χ0) is 8.97. The summed E-state index contributed by atoms with van der Waals surface area (Å²) in [4.78, 5) is 0. The molecule has 3 atom stereocenters. The quantitative estimate of drug-likeness (QED) is 0.559. The maximum Gasteiger partial charge on any atom is 0.0636 e. The number of nitrogens with one attached hydrogen (secondary N) is 2. The van der Waals surface area contributed by atoms with Crippen LogP contribution in [0.2, 0.25) is 0 Å². The van der Waals surface area contributed by atoms with Crippen LogP contribution in [0, 0.1) is 5.92 Å². The molecule has 0 aliphatic carbocycles. The Morgan fingerprint density at radius 3 is 3.00 bits per heavy atom. The molecule has 1 saturated heterocycles. The van der Waals surface area contributed by atoms with E-state index in [1.54, 1.807) is 0 Å². The first kappa shape index (κ1) is 9.96. The molecule has 0 aromatic heterocycles. The molecule has 0 aromatic rings. The van der Waals surface area contributed by atoms with Crippen molar-refractivity contribution in [3.05, 3.63) is 0 Å². The van der Waals surface area contributed by atoms with Gasteiger partial charge in [0.15, 0.2) is 0 Å². The van der Waals surface area contributed by atoms with Crippen LogP contribution in [0.3, 0.4) is 0 Å². The molecule has 0 spiro atoms. The highest BCUT2D eigenvalue weighted by molar-refractivity contribution is 4.80. The lowest BCUT2D eigenvalue weighted by Gasteiger charge is -2.30. The Kier molecular flexibility index (Phi) is 3.98. The van der Waals surface area contributed by atoms with E-state index in [0.717, 1.165) is 19.6 Å². The largest absolute Gasteiger partial charge is 0.392 e. The smallest absolute Gasteiger partial charge is 0.0636 e. The summed E-state index contributed by atoms with van der Waals surface area (Å²) < 4.78 is 0. The molecule has 0 aromatic carbocycles.